The zero-order chi connectivity index (χ0) is 15.4. The zero-order valence-electron chi connectivity index (χ0n) is 11.3. The second kappa shape index (κ2) is 6.41. The molecule has 1 unspecified atom stereocenters. The van der Waals surface area contributed by atoms with E-state index in [1.165, 1.54) is 0 Å². The summed E-state index contributed by atoms with van der Waals surface area (Å²) in [7, 11) is 0. The highest BCUT2D eigenvalue weighted by atomic mass is 19.1. The lowest BCUT2D eigenvalue weighted by atomic mass is 10.1. The molecule has 0 bridgehead atoms. The Balaban J connectivity index is 2.13. The van der Waals surface area contributed by atoms with Gasteiger partial charge in [0.25, 0.3) is 0 Å². The highest BCUT2D eigenvalue weighted by Gasteiger charge is 2.18. The Bertz CT molecular complexity index is 648. The van der Waals surface area contributed by atoms with Crippen molar-refractivity contribution in [2.75, 3.05) is 0 Å². The molecule has 0 aromatic heterocycles. The minimum absolute atomic E-state index is 0.0605. The van der Waals surface area contributed by atoms with E-state index in [1.54, 1.807) is 0 Å². The minimum Gasteiger partial charge on any atom is -0.306 e. The summed E-state index contributed by atoms with van der Waals surface area (Å²) >= 11 is 0. The smallest absolute Gasteiger partial charge is 0.305 e. The molecule has 2 aromatic carbocycles. The summed E-state index contributed by atoms with van der Waals surface area (Å²) in [6.07, 6.45) is 0. The lowest BCUT2D eigenvalue weighted by Crippen LogP contribution is -2.19. The maximum atomic E-state index is 13.6. The Labute approximate surface area is 120 Å². The largest absolute Gasteiger partial charge is 0.306 e. The molecule has 0 aliphatic heterocycles. The summed E-state index contributed by atoms with van der Waals surface area (Å²) in [6.45, 7) is 1.97. The van der Waals surface area contributed by atoms with E-state index < -0.39 is 22.2 Å². The molecule has 1 N–H and O–H groups in total. The molecule has 1 atom stereocenters. The van der Waals surface area contributed by atoms with Crippen LogP contribution in [0.15, 0.2) is 42.5 Å². The number of hydrogen-bond donors (Lipinski definition) is 1. The number of halogens is 2. The second-order valence-corrected chi connectivity index (χ2v) is 4.67. The Hall–Kier alpha value is -2.34. The first-order valence-electron chi connectivity index (χ1n) is 6.39. The standard InChI is InChI=1S/C15H14F2N2O2/c1-10(11-5-3-2-4-6-11)18-9-12-7-15(19(20)21)14(17)8-13(12)16/h2-8,10,18H,9H2,1H3. The van der Waals surface area contributed by atoms with Crippen LogP contribution in [0, 0.1) is 21.7 Å². The van der Waals surface area contributed by atoms with Crippen LogP contribution in [0.3, 0.4) is 0 Å². The van der Waals surface area contributed by atoms with Crippen LogP contribution in [-0.4, -0.2) is 4.92 Å². The molecule has 110 valence electrons. The number of nitrogens with zero attached hydrogens (tertiary/aromatic N) is 1. The van der Waals surface area contributed by atoms with Crippen LogP contribution >= 0.6 is 0 Å². The molecule has 0 heterocycles. The number of nitro groups is 1. The number of benzene rings is 2. The molecule has 0 spiro atoms. The molecule has 0 aliphatic carbocycles. The van der Waals surface area contributed by atoms with Crippen LogP contribution in [0.2, 0.25) is 0 Å². The Morgan fingerprint density at radius 2 is 1.86 bits per heavy atom. The molecule has 4 nitrogen and oxygen atoms in total. The monoisotopic (exact) mass is 292 g/mol. The lowest BCUT2D eigenvalue weighted by molar-refractivity contribution is -0.387. The fourth-order valence-electron chi connectivity index (χ4n) is 1.98. The summed E-state index contributed by atoms with van der Waals surface area (Å²) in [6, 6.07) is 10.9. The van der Waals surface area contributed by atoms with Crippen molar-refractivity contribution in [3.63, 3.8) is 0 Å². The van der Waals surface area contributed by atoms with Gasteiger partial charge in [0.15, 0.2) is 0 Å². The van der Waals surface area contributed by atoms with Crippen LogP contribution in [0.5, 0.6) is 0 Å². The van der Waals surface area contributed by atoms with Gasteiger partial charge in [0.2, 0.25) is 5.82 Å². The van der Waals surface area contributed by atoms with E-state index in [4.69, 9.17) is 0 Å². The molecule has 0 amide bonds. The van der Waals surface area contributed by atoms with E-state index in [0.717, 1.165) is 11.6 Å². The van der Waals surface area contributed by atoms with Gasteiger partial charge in [-0.05, 0) is 12.5 Å². The minimum atomic E-state index is -1.17. The normalized spacial score (nSPS) is 12.1. The average molecular weight is 292 g/mol. The summed E-state index contributed by atoms with van der Waals surface area (Å²) in [5.74, 6) is -1.97. The predicted molar refractivity (Wildman–Crippen MR) is 74.7 cm³/mol. The van der Waals surface area contributed by atoms with E-state index >= 15 is 0 Å². The first-order valence-corrected chi connectivity index (χ1v) is 6.39. The predicted octanol–water partition coefficient (Wildman–Crippen LogP) is 3.72. The van der Waals surface area contributed by atoms with Crippen LogP contribution in [-0.2, 0) is 6.54 Å². The first-order chi connectivity index (χ1) is 9.99. The van der Waals surface area contributed by atoms with Gasteiger partial charge in [-0.3, -0.25) is 10.1 Å². The Morgan fingerprint density at radius 3 is 2.48 bits per heavy atom. The molecule has 0 aliphatic rings. The molecule has 0 fully saturated rings. The van der Waals surface area contributed by atoms with Crippen molar-refractivity contribution in [2.24, 2.45) is 0 Å². The van der Waals surface area contributed by atoms with Crippen LogP contribution in [0.4, 0.5) is 14.5 Å². The van der Waals surface area contributed by atoms with Crippen molar-refractivity contribution in [1.82, 2.24) is 5.32 Å². The van der Waals surface area contributed by atoms with Gasteiger partial charge in [0.05, 0.1) is 4.92 Å². The highest BCUT2D eigenvalue weighted by molar-refractivity contribution is 5.37. The van der Waals surface area contributed by atoms with Crippen molar-refractivity contribution >= 4 is 5.69 Å². The van der Waals surface area contributed by atoms with E-state index in [2.05, 4.69) is 5.32 Å². The van der Waals surface area contributed by atoms with Crippen LogP contribution in [0.25, 0.3) is 0 Å². The van der Waals surface area contributed by atoms with E-state index in [-0.39, 0.29) is 18.2 Å². The molecular formula is C15H14F2N2O2. The van der Waals surface area contributed by atoms with Crippen molar-refractivity contribution in [1.29, 1.82) is 0 Å². The molecule has 0 saturated heterocycles. The summed E-state index contributed by atoms with van der Waals surface area (Å²) < 4.78 is 26.9. The molecule has 0 radical (unpaired) electrons. The van der Waals surface area contributed by atoms with Gasteiger partial charge in [0, 0.05) is 30.3 Å². The van der Waals surface area contributed by atoms with Crippen molar-refractivity contribution < 1.29 is 13.7 Å². The van der Waals surface area contributed by atoms with Gasteiger partial charge in [-0.1, -0.05) is 30.3 Å². The van der Waals surface area contributed by atoms with Gasteiger partial charge in [-0.25, -0.2) is 4.39 Å². The van der Waals surface area contributed by atoms with Gasteiger partial charge in [0.1, 0.15) is 5.82 Å². The molecule has 6 heteroatoms. The van der Waals surface area contributed by atoms with Gasteiger partial charge >= 0.3 is 5.69 Å². The number of hydrogen-bond acceptors (Lipinski definition) is 3. The molecule has 2 rings (SSSR count). The van der Waals surface area contributed by atoms with E-state index in [9.17, 15) is 18.9 Å². The van der Waals surface area contributed by atoms with Crippen LogP contribution < -0.4 is 5.32 Å². The van der Waals surface area contributed by atoms with Gasteiger partial charge in [-0.15, -0.1) is 0 Å². The molecule has 2 aromatic rings. The number of nitrogens with one attached hydrogen (secondary N) is 1. The van der Waals surface area contributed by atoms with Crippen molar-refractivity contribution in [2.45, 2.75) is 19.5 Å². The van der Waals surface area contributed by atoms with Gasteiger partial charge < -0.3 is 5.32 Å². The highest BCUT2D eigenvalue weighted by Crippen LogP contribution is 2.22. The molecular weight excluding hydrogens is 278 g/mol. The third kappa shape index (κ3) is 3.61. The maximum Gasteiger partial charge on any atom is 0.305 e. The Morgan fingerprint density at radius 1 is 1.19 bits per heavy atom. The molecule has 21 heavy (non-hydrogen) atoms. The second-order valence-electron chi connectivity index (χ2n) is 4.67. The fraction of sp³-hybridized carbons (Fsp3) is 0.200. The van der Waals surface area contributed by atoms with Crippen LogP contribution in [0.1, 0.15) is 24.1 Å². The fourth-order valence-corrected chi connectivity index (χ4v) is 1.98. The lowest BCUT2D eigenvalue weighted by Gasteiger charge is -2.14. The summed E-state index contributed by atoms with van der Waals surface area (Å²) in [5, 5.41) is 13.7. The number of nitro benzene ring substituents is 1. The third-order valence-corrected chi connectivity index (χ3v) is 3.21. The third-order valence-electron chi connectivity index (χ3n) is 3.21. The van der Waals surface area contributed by atoms with Gasteiger partial charge in [-0.2, -0.15) is 4.39 Å². The summed E-state index contributed by atoms with van der Waals surface area (Å²) in [5.41, 5.74) is 0.348. The average Bonchev–Trinajstić information content (AvgIpc) is 2.46. The summed E-state index contributed by atoms with van der Waals surface area (Å²) in [4.78, 5) is 9.81. The molecule has 0 saturated carbocycles. The maximum absolute atomic E-state index is 13.6. The number of rotatable bonds is 5. The van der Waals surface area contributed by atoms with Crippen molar-refractivity contribution in [3.8, 4) is 0 Å². The van der Waals surface area contributed by atoms with E-state index in [0.29, 0.717) is 6.07 Å². The van der Waals surface area contributed by atoms with E-state index in [1.807, 2.05) is 37.3 Å². The van der Waals surface area contributed by atoms with Crippen molar-refractivity contribution in [3.05, 3.63) is 75.3 Å². The Kier molecular flexibility index (Phi) is 4.59. The quantitative estimate of drug-likeness (QED) is 0.675. The zero-order valence-corrected chi connectivity index (χ0v) is 11.3. The first kappa shape index (κ1) is 15.1. The topological polar surface area (TPSA) is 55.2 Å². The SMILES string of the molecule is CC(NCc1cc([N+](=O)[O-])c(F)cc1F)c1ccccc1.